The minimum Gasteiger partial charge on any atom is -0.218 e. The Morgan fingerprint density at radius 2 is 0.613 bits per heavy atom. The van der Waals surface area contributed by atoms with Crippen LogP contribution in [0.15, 0.2) is 9.79 Å². The summed E-state index contributed by atoms with van der Waals surface area (Å²) in [5.74, 6) is -27.4. The van der Waals surface area contributed by atoms with E-state index in [9.17, 15) is 69.9 Å². The molecule has 0 saturated carbocycles. The third-order valence-electron chi connectivity index (χ3n) is 3.55. The normalized spacial score (nSPS) is 13.1. The molecule has 0 aliphatic heterocycles. The summed E-state index contributed by atoms with van der Waals surface area (Å²) < 4.78 is 209. The number of hydrogen-bond acceptors (Lipinski definition) is 2. The molecule has 0 atom stereocenters. The molecule has 0 N–H and O–H groups in total. The first-order valence-electron chi connectivity index (χ1n) is 6.89. The number of rotatable bonds is 2. The maximum absolute atomic E-state index is 13.9. The van der Waals surface area contributed by atoms with Gasteiger partial charge in [-0.1, -0.05) is 0 Å². The lowest BCUT2D eigenvalue weighted by Crippen LogP contribution is -2.22. The van der Waals surface area contributed by atoms with Crippen LogP contribution in [-0.4, -0.2) is 8.42 Å². The Hall–Kier alpha value is -2.59. The third kappa shape index (κ3) is 3.67. The second-order valence-electron chi connectivity index (χ2n) is 5.42. The average molecular weight is 498 g/mol. The van der Waals surface area contributed by atoms with Crippen LogP contribution in [-0.2, 0) is 22.2 Å². The molecule has 0 aliphatic rings. The molecule has 0 fully saturated rings. The van der Waals surface area contributed by atoms with Gasteiger partial charge in [0.15, 0.2) is 46.5 Å². The van der Waals surface area contributed by atoms with Crippen molar-refractivity contribution in [1.29, 1.82) is 0 Å². The smallest absolute Gasteiger partial charge is 0.218 e. The molecule has 0 heterocycles. The van der Waals surface area contributed by atoms with Gasteiger partial charge in [-0.2, -0.15) is 26.3 Å². The van der Waals surface area contributed by atoms with Crippen LogP contribution < -0.4 is 0 Å². The lowest BCUT2D eigenvalue weighted by atomic mass is 10.1. The highest BCUT2D eigenvalue weighted by molar-refractivity contribution is 7.91. The molecule has 2 aromatic carbocycles. The van der Waals surface area contributed by atoms with Gasteiger partial charge < -0.3 is 0 Å². The Morgan fingerprint density at radius 3 is 0.774 bits per heavy atom. The third-order valence-corrected chi connectivity index (χ3v) is 5.34. The van der Waals surface area contributed by atoms with E-state index >= 15 is 0 Å². The van der Waals surface area contributed by atoms with Crippen molar-refractivity contribution >= 4 is 9.84 Å². The summed E-state index contributed by atoms with van der Waals surface area (Å²) >= 11 is 0. The molecule has 0 aromatic heterocycles. The molecule has 2 aromatic rings. The van der Waals surface area contributed by atoms with Crippen LogP contribution in [0.25, 0.3) is 0 Å². The summed E-state index contributed by atoms with van der Waals surface area (Å²) in [5, 5.41) is 0. The van der Waals surface area contributed by atoms with Crippen molar-refractivity contribution in [3.8, 4) is 0 Å². The predicted molar refractivity (Wildman–Crippen MR) is 68.0 cm³/mol. The van der Waals surface area contributed by atoms with Crippen molar-refractivity contribution in [3.63, 3.8) is 0 Å². The van der Waals surface area contributed by atoms with Crippen molar-refractivity contribution in [1.82, 2.24) is 0 Å². The Balaban J connectivity index is 3.04. The van der Waals surface area contributed by atoms with E-state index in [1.165, 1.54) is 0 Å². The van der Waals surface area contributed by atoms with Crippen molar-refractivity contribution in [2.24, 2.45) is 0 Å². The molecule has 2 nitrogen and oxygen atoms in total. The number of benzene rings is 2. The van der Waals surface area contributed by atoms with Crippen molar-refractivity contribution in [3.05, 3.63) is 57.7 Å². The predicted octanol–water partition coefficient (Wildman–Crippen LogP) is 5.67. The summed E-state index contributed by atoms with van der Waals surface area (Å²) in [6, 6.07) is 0. The number of sulfone groups is 1. The monoisotopic (exact) mass is 498 g/mol. The van der Waals surface area contributed by atoms with Gasteiger partial charge in [-0.05, 0) is 0 Å². The molecule has 0 radical (unpaired) electrons. The Morgan fingerprint density at radius 1 is 0.419 bits per heavy atom. The Kier molecular flexibility index (Phi) is 5.76. The second-order valence-corrected chi connectivity index (χ2v) is 7.24. The lowest BCUT2D eigenvalue weighted by molar-refractivity contribution is -0.144. The fourth-order valence-corrected chi connectivity index (χ4v) is 3.80. The minimum absolute atomic E-state index is 3.19. The average Bonchev–Trinajstić information content (AvgIpc) is 2.56. The van der Waals surface area contributed by atoms with Crippen LogP contribution in [0, 0.1) is 46.5 Å². The van der Waals surface area contributed by atoms with Gasteiger partial charge in [0.1, 0.15) is 20.9 Å². The van der Waals surface area contributed by atoms with Gasteiger partial charge in [0, 0.05) is 0 Å². The van der Waals surface area contributed by atoms with Crippen LogP contribution in [0.5, 0.6) is 0 Å². The van der Waals surface area contributed by atoms with E-state index in [1.807, 2.05) is 0 Å². The van der Waals surface area contributed by atoms with Gasteiger partial charge >= 0.3 is 12.4 Å². The highest BCUT2D eigenvalue weighted by Crippen LogP contribution is 2.42. The standard InChI is InChI=1S/C14F14O2S/c15-3-1(13(23,24)25)4(16)8(20)11(7(3)19)31(29,30)12-9(21)5(17)2(14(26,27)28)6(18)10(12)22. The van der Waals surface area contributed by atoms with Crippen LogP contribution in [0.3, 0.4) is 0 Å². The first-order valence-corrected chi connectivity index (χ1v) is 8.37. The molecule has 31 heavy (non-hydrogen) atoms. The van der Waals surface area contributed by atoms with Gasteiger partial charge in [0.2, 0.25) is 9.84 Å². The zero-order chi connectivity index (χ0) is 24.4. The summed E-state index contributed by atoms with van der Waals surface area (Å²) in [4.78, 5) is -6.38. The lowest BCUT2D eigenvalue weighted by Gasteiger charge is -2.16. The molecule has 2 rings (SSSR count). The first-order chi connectivity index (χ1) is 13.8. The quantitative estimate of drug-likeness (QED) is 0.395. The molecule has 0 spiro atoms. The second kappa shape index (κ2) is 7.23. The zero-order valence-corrected chi connectivity index (χ0v) is 14.3. The number of alkyl halides is 6. The molecular formula is C14F14O2S. The van der Waals surface area contributed by atoms with Gasteiger partial charge in [-0.15, -0.1) is 0 Å². The zero-order valence-electron chi connectivity index (χ0n) is 13.5. The molecule has 0 amide bonds. The topological polar surface area (TPSA) is 34.1 Å². The van der Waals surface area contributed by atoms with Gasteiger partial charge in [0.05, 0.1) is 0 Å². The summed E-state index contributed by atoms with van der Waals surface area (Å²) in [5.41, 5.74) is -6.63. The van der Waals surface area contributed by atoms with Crippen LogP contribution in [0.1, 0.15) is 11.1 Å². The maximum Gasteiger partial charge on any atom is 0.422 e. The van der Waals surface area contributed by atoms with E-state index in [2.05, 4.69) is 0 Å². The molecule has 0 saturated heterocycles. The minimum atomic E-state index is -6.87. The number of halogens is 14. The van der Waals surface area contributed by atoms with Crippen LogP contribution >= 0.6 is 0 Å². The summed E-state index contributed by atoms with van der Waals surface area (Å²) in [7, 11) is -6.87. The molecule has 172 valence electrons. The molecule has 17 heteroatoms. The van der Waals surface area contributed by atoms with E-state index < -0.39 is 89.6 Å². The van der Waals surface area contributed by atoms with Crippen molar-refractivity contribution in [2.75, 3.05) is 0 Å². The van der Waals surface area contributed by atoms with Gasteiger partial charge in [-0.25, -0.2) is 43.5 Å². The molecular weight excluding hydrogens is 498 g/mol. The van der Waals surface area contributed by atoms with E-state index in [-0.39, 0.29) is 0 Å². The molecule has 0 bridgehead atoms. The molecule has 0 aliphatic carbocycles. The van der Waals surface area contributed by atoms with Crippen LogP contribution in [0.2, 0.25) is 0 Å². The maximum atomic E-state index is 13.9. The highest BCUT2D eigenvalue weighted by atomic mass is 32.2. The van der Waals surface area contributed by atoms with Crippen molar-refractivity contribution < 1.29 is 69.9 Å². The summed E-state index contributed by atoms with van der Waals surface area (Å²) in [6.45, 7) is 0. The molecule has 0 unspecified atom stereocenters. The largest absolute Gasteiger partial charge is 0.422 e. The first kappa shape index (κ1) is 24.7. The Labute approximate surface area is 160 Å². The van der Waals surface area contributed by atoms with Crippen molar-refractivity contribution in [2.45, 2.75) is 22.1 Å². The Bertz CT molecular complexity index is 1050. The fraction of sp³-hybridized carbons (Fsp3) is 0.143. The van der Waals surface area contributed by atoms with Gasteiger partial charge in [-0.3, -0.25) is 0 Å². The van der Waals surface area contributed by atoms with E-state index in [0.29, 0.717) is 0 Å². The van der Waals surface area contributed by atoms with Gasteiger partial charge in [0.25, 0.3) is 0 Å². The summed E-state index contributed by atoms with van der Waals surface area (Å²) in [6.07, 6.45) is -12.3. The van der Waals surface area contributed by atoms with E-state index in [0.717, 1.165) is 0 Å². The van der Waals surface area contributed by atoms with Crippen LogP contribution in [0.4, 0.5) is 61.5 Å². The number of hydrogen-bond donors (Lipinski definition) is 0. The van der Waals surface area contributed by atoms with E-state index in [1.54, 1.807) is 0 Å². The highest BCUT2D eigenvalue weighted by Gasteiger charge is 2.48. The van der Waals surface area contributed by atoms with E-state index in [4.69, 9.17) is 0 Å². The fourth-order valence-electron chi connectivity index (χ4n) is 2.29. The SMILES string of the molecule is O=S(=O)(c1c(F)c(F)c(C(F)(F)F)c(F)c1F)c1c(F)c(F)c(C(F)(F)F)c(F)c1F.